The summed E-state index contributed by atoms with van der Waals surface area (Å²) in [4.78, 5) is 38.5. The van der Waals surface area contributed by atoms with E-state index in [0.717, 1.165) is 5.56 Å². The number of carbonyl (C=O) groups is 2. The number of anilines is 1. The summed E-state index contributed by atoms with van der Waals surface area (Å²) in [5, 5.41) is 1.17. The molecule has 4 rings (SSSR count). The highest BCUT2D eigenvalue weighted by Gasteiger charge is 2.31. The molecule has 0 fully saturated rings. The normalized spacial score (nSPS) is 15.4. The Morgan fingerprint density at radius 3 is 2.72 bits per heavy atom. The van der Waals surface area contributed by atoms with Crippen molar-refractivity contribution in [1.29, 1.82) is 0 Å². The zero-order chi connectivity index (χ0) is 22.8. The average molecular weight is 456 g/mol. The molecule has 0 aliphatic carbocycles. The minimum absolute atomic E-state index is 0.00704. The van der Waals surface area contributed by atoms with Gasteiger partial charge in [0.1, 0.15) is 17.9 Å². The minimum Gasteiger partial charge on any atom is -0.479 e. The summed E-state index contributed by atoms with van der Waals surface area (Å²) in [5.41, 5.74) is 1.86. The molecule has 3 aromatic rings. The van der Waals surface area contributed by atoms with Crippen molar-refractivity contribution in [3.8, 4) is 5.75 Å². The summed E-state index contributed by atoms with van der Waals surface area (Å²) >= 11 is 6.31. The maximum absolute atomic E-state index is 12.5. The van der Waals surface area contributed by atoms with E-state index in [1.807, 2.05) is 13.0 Å². The molecule has 0 bridgehead atoms. The number of para-hydroxylation sites is 2. The van der Waals surface area contributed by atoms with E-state index in [1.54, 1.807) is 37.3 Å². The third-order valence-electron chi connectivity index (χ3n) is 5.38. The number of carbonyl (C=O) groups excluding carboxylic acids is 2. The fraction of sp³-hybridized carbons (Fsp3) is 0.292. The second kappa shape index (κ2) is 9.04. The number of esters is 1. The molecule has 1 aliphatic rings. The van der Waals surface area contributed by atoms with Crippen LogP contribution in [0.1, 0.15) is 31.4 Å². The molecule has 2 aromatic carbocycles. The van der Waals surface area contributed by atoms with Crippen LogP contribution in [0.4, 0.5) is 5.69 Å². The van der Waals surface area contributed by atoms with Crippen molar-refractivity contribution in [3.05, 3.63) is 69.0 Å². The summed E-state index contributed by atoms with van der Waals surface area (Å²) in [5.74, 6) is -0.115. The molecule has 8 heteroatoms. The smallest absolute Gasteiger partial charge is 0.336 e. The summed E-state index contributed by atoms with van der Waals surface area (Å²) in [6.07, 6.45) is 0.0562. The number of hydrogen-bond acceptors (Lipinski definition) is 6. The van der Waals surface area contributed by atoms with Crippen LogP contribution in [0, 0.1) is 0 Å². The first-order valence-corrected chi connectivity index (χ1v) is 10.7. The van der Waals surface area contributed by atoms with Crippen molar-refractivity contribution in [3.63, 3.8) is 0 Å². The van der Waals surface area contributed by atoms with E-state index in [-0.39, 0.29) is 25.5 Å². The molecule has 166 valence electrons. The molecule has 1 aromatic heterocycles. The molecule has 1 amide bonds. The predicted molar refractivity (Wildman–Crippen MR) is 120 cm³/mol. The van der Waals surface area contributed by atoms with Gasteiger partial charge in [0.2, 0.25) is 0 Å². The monoisotopic (exact) mass is 455 g/mol. The molecule has 0 saturated heterocycles. The van der Waals surface area contributed by atoms with E-state index in [0.29, 0.717) is 39.4 Å². The van der Waals surface area contributed by atoms with Gasteiger partial charge in [-0.25, -0.2) is 4.79 Å². The molecule has 1 atom stereocenters. The fourth-order valence-electron chi connectivity index (χ4n) is 3.70. The molecule has 1 aliphatic heterocycles. The SMILES string of the molecule is CCc1cc2oc(=O)cc(COC(=O)CCN3C(=O)[C@H](C)Oc4ccccc43)c2cc1Cl. The third kappa shape index (κ3) is 4.34. The molecular formula is C24H22ClNO6. The molecular weight excluding hydrogens is 434 g/mol. The van der Waals surface area contributed by atoms with Crippen molar-refractivity contribution >= 4 is 40.1 Å². The summed E-state index contributed by atoms with van der Waals surface area (Å²) < 4.78 is 16.3. The van der Waals surface area contributed by atoms with E-state index in [9.17, 15) is 14.4 Å². The number of rotatable bonds is 6. The van der Waals surface area contributed by atoms with Gasteiger partial charge in [0.05, 0.1) is 12.1 Å². The highest BCUT2D eigenvalue weighted by molar-refractivity contribution is 6.32. The topological polar surface area (TPSA) is 86.0 Å². The Labute approximate surface area is 189 Å². The maximum Gasteiger partial charge on any atom is 0.336 e. The number of aryl methyl sites for hydroxylation is 1. The van der Waals surface area contributed by atoms with Crippen LogP contribution in [0.25, 0.3) is 11.0 Å². The molecule has 0 saturated carbocycles. The first kappa shape index (κ1) is 21.9. The standard InChI is InChI=1S/C24H22ClNO6/c1-3-15-10-21-17(12-18(15)25)16(11-23(28)32-21)13-30-22(27)8-9-26-19-6-4-5-7-20(19)31-14(2)24(26)29/h4-7,10-12,14H,3,8-9,13H2,1-2H3/t14-/m0/s1. The number of nitrogens with zero attached hydrogens (tertiary/aromatic N) is 1. The third-order valence-corrected chi connectivity index (χ3v) is 5.73. The molecule has 7 nitrogen and oxygen atoms in total. The van der Waals surface area contributed by atoms with Gasteiger partial charge in [0.15, 0.2) is 6.10 Å². The van der Waals surface area contributed by atoms with Crippen LogP contribution < -0.4 is 15.3 Å². The number of fused-ring (bicyclic) bond motifs is 2. The Morgan fingerprint density at radius 1 is 1.16 bits per heavy atom. The van der Waals surface area contributed by atoms with Crippen molar-refractivity contribution in [1.82, 2.24) is 0 Å². The number of benzene rings is 2. The second-order valence-electron chi connectivity index (χ2n) is 7.51. The largest absolute Gasteiger partial charge is 0.479 e. The van der Waals surface area contributed by atoms with E-state index in [2.05, 4.69) is 0 Å². The number of amides is 1. The van der Waals surface area contributed by atoms with Crippen molar-refractivity contribution in [2.24, 2.45) is 0 Å². The van der Waals surface area contributed by atoms with Gasteiger partial charge >= 0.3 is 11.6 Å². The van der Waals surface area contributed by atoms with Crippen molar-refractivity contribution in [2.75, 3.05) is 11.4 Å². The Bertz CT molecular complexity index is 1250. The van der Waals surface area contributed by atoms with Crippen LogP contribution in [0.5, 0.6) is 5.75 Å². The fourth-order valence-corrected chi connectivity index (χ4v) is 4.00. The van der Waals surface area contributed by atoms with Gasteiger partial charge < -0.3 is 18.8 Å². The lowest BCUT2D eigenvalue weighted by molar-refractivity contribution is -0.144. The van der Waals surface area contributed by atoms with E-state index in [4.69, 9.17) is 25.5 Å². The van der Waals surface area contributed by atoms with Gasteiger partial charge in [-0.1, -0.05) is 30.7 Å². The van der Waals surface area contributed by atoms with Gasteiger partial charge in [0.25, 0.3) is 5.91 Å². The van der Waals surface area contributed by atoms with Gasteiger partial charge in [-0.05, 0) is 43.2 Å². The van der Waals surface area contributed by atoms with E-state index in [1.165, 1.54) is 11.0 Å². The molecule has 2 heterocycles. The molecule has 0 radical (unpaired) electrons. The Kier molecular flexibility index (Phi) is 6.19. The number of hydrogen-bond donors (Lipinski definition) is 0. The van der Waals surface area contributed by atoms with Crippen LogP contribution >= 0.6 is 11.6 Å². The first-order chi connectivity index (χ1) is 15.4. The van der Waals surface area contributed by atoms with Gasteiger partial charge in [-0.15, -0.1) is 0 Å². The van der Waals surface area contributed by atoms with Crippen LogP contribution in [0.15, 0.2) is 51.7 Å². The first-order valence-electron chi connectivity index (χ1n) is 10.3. The molecule has 0 unspecified atom stereocenters. The van der Waals surface area contributed by atoms with Crippen molar-refractivity contribution < 1.29 is 23.5 Å². The van der Waals surface area contributed by atoms with Crippen LogP contribution in [0.2, 0.25) is 5.02 Å². The highest BCUT2D eigenvalue weighted by atomic mass is 35.5. The van der Waals surface area contributed by atoms with E-state index < -0.39 is 17.7 Å². The average Bonchev–Trinajstić information content (AvgIpc) is 2.77. The summed E-state index contributed by atoms with van der Waals surface area (Å²) in [6.45, 7) is 3.68. The zero-order valence-electron chi connectivity index (χ0n) is 17.7. The molecule has 32 heavy (non-hydrogen) atoms. The predicted octanol–water partition coefficient (Wildman–Crippen LogP) is 4.26. The zero-order valence-corrected chi connectivity index (χ0v) is 18.5. The van der Waals surface area contributed by atoms with Gasteiger partial charge in [0, 0.05) is 28.6 Å². The van der Waals surface area contributed by atoms with Crippen LogP contribution in [-0.4, -0.2) is 24.5 Å². The minimum atomic E-state index is -0.631. The second-order valence-corrected chi connectivity index (χ2v) is 7.92. The Balaban J connectivity index is 1.46. The van der Waals surface area contributed by atoms with E-state index >= 15 is 0 Å². The number of halogens is 1. The molecule has 0 spiro atoms. The van der Waals surface area contributed by atoms with Gasteiger partial charge in [-0.3, -0.25) is 9.59 Å². The van der Waals surface area contributed by atoms with Crippen molar-refractivity contribution in [2.45, 2.75) is 39.4 Å². The van der Waals surface area contributed by atoms with Gasteiger partial charge in [-0.2, -0.15) is 0 Å². The Morgan fingerprint density at radius 2 is 1.94 bits per heavy atom. The quantitative estimate of drug-likeness (QED) is 0.408. The lowest BCUT2D eigenvalue weighted by Crippen LogP contribution is -2.45. The van der Waals surface area contributed by atoms with Crippen LogP contribution in [-0.2, 0) is 27.4 Å². The molecule has 0 N–H and O–H groups in total. The summed E-state index contributed by atoms with van der Waals surface area (Å²) in [7, 11) is 0. The number of ether oxygens (including phenoxy) is 2. The lowest BCUT2D eigenvalue weighted by atomic mass is 10.1. The maximum atomic E-state index is 12.5. The Hall–Kier alpha value is -3.32. The van der Waals surface area contributed by atoms with Crippen LogP contribution in [0.3, 0.4) is 0 Å². The lowest BCUT2D eigenvalue weighted by Gasteiger charge is -2.32. The highest BCUT2D eigenvalue weighted by Crippen LogP contribution is 2.33. The summed E-state index contributed by atoms with van der Waals surface area (Å²) in [6, 6.07) is 11.9.